The highest BCUT2D eigenvalue weighted by molar-refractivity contribution is 5.78. The number of carbonyl (C=O) groups is 2. The summed E-state index contributed by atoms with van der Waals surface area (Å²) in [7, 11) is 0. The lowest BCUT2D eigenvalue weighted by Crippen LogP contribution is -2.48. The van der Waals surface area contributed by atoms with Crippen molar-refractivity contribution < 1.29 is 37.0 Å². The lowest BCUT2D eigenvalue weighted by Gasteiger charge is -2.38. The van der Waals surface area contributed by atoms with Crippen molar-refractivity contribution in [2.24, 2.45) is 11.8 Å². The minimum atomic E-state index is -5.08. The number of ether oxygens (including phenoxy) is 1. The average molecular weight is 497 g/mol. The maximum Gasteiger partial charge on any atom is 0.490 e. The Kier molecular flexibility index (Phi) is 9.20. The predicted octanol–water partition coefficient (Wildman–Crippen LogP) is 4.28. The number of pyridine rings is 1. The van der Waals surface area contributed by atoms with E-state index in [1.165, 1.54) is 30.7 Å². The number of carboxylic acids is 1. The molecular formula is C25H28F4N2O4. The number of nitrogens with zero attached hydrogens (tertiary/aromatic N) is 2. The van der Waals surface area contributed by atoms with Gasteiger partial charge in [0.25, 0.3) is 0 Å². The fourth-order valence-corrected chi connectivity index (χ4v) is 3.89. The standard InChI is InChI=1S/C23H27FN2O2.C2HF3O2/c24-20-8-9-21(25-14-20)13-23(27)26-11-10-22(28-16-18-6-7-18)19(15-26)12-17-4-2-1-3-5-17;3-2(4,5)1(6)7/h1-5,8-9,14,18-19,22H,6-7,10-13,15-16H2;(H,6,7)/t19-,22-;/m1./s1. The summed E-state index contributed by atoms with van der Waals surface area (Å²) in [4.78, 5) is 27.6. The molecule has 1 amide bonds. The molecule has 2 aromatic rings. The van der Waals surface area contributed by atoms with E-state index < -0.39 is 12.1 Å². The van der Waals surface area contributed by atoms with Crippen LogP contribution in [0.1, 0.15) is 30.5 Å². The molecule has 1 aliphatic carbocycles. The van der Waals surface area contributed by atoms with Crippen molar-refractivity contribution in [2.45, 2.75) is 44.4 Å². The van der Waals surface area contributed by atoms with E-state index in [-0.39, 0.29) is 24.2 Å². The maximum atomic E-state index is 13.0. The molecule has 1 saturated heterocycles. The lowest BCUT2D eigenvalue weighted by molar-refractivity contribution is -0.192. The molecule has 6 nitrogen and oxygen atoms in total. The first-order valence-corrected chi connectivity index (χ1v) is 11.5. The minimum Gasteiger partial charge on any atom is -0.475 e. The van der Waals surface area contributed by atoms with Gasteiger partial charge in [-0.05, 0) is 49.3 Å². The van der Waals surface area contributed by atoms with E-state index in [1.807, 2.05) is 11.0 Å². The molecule has 2 atom stereocenters. The third kappa shape index (κ3) is 8.93. The Labute approximate surface area is 200 Å². The first-order chi connectivity index (χ1) is 16.6. The summed E-state index contributed by atoms with van der Waals surface area (Å²) in [6, 6.07) is 13.4. The van der Waals surface area contributed by atoms with Gasteiger partial charge in [-0.3, -0.25) is 9.78 Å². The number of benzene rings is 1. The summed E-state index contributed by atoms with van der Waals surface area (Å²) in [6.07, 6.45) is 0.844. The highest BCUT2D eigenvalue weighted by atomic mass is 19.4. The zero-order valence-electron chi connectivity index (χ0n) is 19.1. The van der Waals surface area contributed by atoms with Crippen LogP contribution in [0.25, 0.3) is 0 Å². The Balaban J connectivity index is 0.000000429. The smallest absolute Gasteiger partial charge is 0.475 e. The van der Waals surface area contributed by atoms with Gasteiger partial charge in [-0.15, -0.1) is 0 Å². The Morgan fingerprint density at radius 3 is 2.34 bits per heavy atom. The van der Waals surface area contributed by atoms with Crippen LogP contribution in [0, 0.1) is 17.7 Å². The molecular weight excluding hydrogens is 468 g/mol. The van der Waals surface area contributed by atoms with Gasteiger partial charge < -0.3 is 14.7 Å². The number of halogens is 4. The summed E-state index contributed by atoms with van der Waals surface area (Å²) in [5.41, 5.74) is 1.89. The molecule has 0 radical (unpaired) electrons. The average Bonchev–Trinajstić information content (AvgIpc) is 3.65. The topological polar surface area (TPSA) is 79.7 Å². The van der Waals surface area contributed by atoms with Crippen LogP contribution in [0.3, 0.4) is 0 Å². The van der Waals surface area contributed by atoms with Gasteiger partial charge in [0.15, 0.2) is 0 Å². The number of carboxylic acid groups (broad SMARTS) is 1. The van der Waals surface area contributed by atoms with Gasteiger partial charge in [-0.1, -0.05) is 30.3 Å². The Hall–Kier alpha value is -3.01. The highest BCUT2D eigenvalue weighted by Crippen LogP contribution is 2.32. The van der Waals surface area contributed by atoms with E-state index in [9.17, 15) is 22.4 Å². The molecule has 2 fully saturated rings. The highest BCUT2D eigenvalue weighted by Gasteiger charge is 2.38. The second-order valence-corrected chi connectivity index (χ2v) is 8.84. The number of amides is 1. The van der Waals surface area contributed by atoms with Crippen LogP contribution in [-0.4, -0.2) is 58.8 Å². The van der Waals surface area contributed by atoms with Crippen LogP contribution in [0.2, 0.25) is 0 Å². The minimum absolute atomic E-state index is 0.0535. The van der Waals surface area contributed by atoms with Crippen molar-refractivity contribution >= 4 is 11.9 Å². The number of likely N-dealkylation sites (tertiary alicyclic amines) is 1. The molecule has 10 heteroatoms. The molecule has 0 bridgehead atoms. The number of aromatic nitrogens is 1. The SMILES string of the molecule is O=C(Cc1ccc(F)cn1)N1CC[C@@H](OCC2CC2)[C@H](Cc2ccccc2)C1.O=C(O)C(F)(F)F. The van der Waals surface area contributed by atoms with Crippen molar-refractivity contribution in [1.29, 1.82) is 0 Å². The molecule has 0 spiro atoms. The summed E-state index contributed by atoms with van der Waals surface area (Å²) < 4.78 is 51.0. The van der Waals surface area contributed by atoms with Gasteiger partial charge in [0.1, 0.15) is 5.82 Å². The van der Waals surface area contributed by atoms with E-state index >= 15 is 0 Å². The number of aliphatic carboxylic acids is 1. The molecule has 2 aliphatic rings. The number of hydrogen-bond acceptors (Lipinski definition) is 4. The fourth-order valence-electron chi connectivity index (χ4n) is 3.89. The van der Waals surface area contributed by atoms with E-state index in [0.29, 0.717) is 24.7 Å². The fraction of sp³-hybridized carbons (Fsp3) is 0.480. The zero-order valence-corrected chi connectivity index (χ0v) is 19.1. The number of piperidine rings is 1. The van der Waals surface area contributed by atoms with Crippen LogP contribution >= 0.6 is 0 Å². The van der Waals surface area contributed by atoms with Gasteiger partial charge in [-0.25, -0.2) is 9.18 Å². The Bertz CT molecular complexity index is 966. The monoisotopic (exact) mass is 496 g/mol. The second kappa shape index (κ2) is 12.1. The molecule has 1 aromatic heterocycles. The summed E-state index contributed by atoms with van der Waals surface area (Å²) >= 11 is 0. The number of rotatable bonds is 7. The van der Waals surface area contributed by atoms with Gasteiger partial charge >= 0.3 is 12.1 Å². The first kappa shape index (κ1) is 26.6. The van der Waals surface area contributed by atoms with Crippen LogP contribution in [-0.2, 0) is 27.2 Å². The van der Waals surface area contributed by atoms with Crippen molar-refractivity contribution in [2.75, 3.05) is 19.7 Å². The van der Waals surface area contributed by atoms with Crippen molar-refractivity contribution in [3.05, 3.63) is 65.7 Å². The summed E-state index contributed by atoms with van der Waals surface area (Å²) in [5.74, 6) is -2.06. The second-order valence-electron chi connectivity index (χ2n) is 8.84. The van der Waals surface area contributed by atoms with E-state index in [4.69, 9.17) is 14.6 Å². The van der Waals surface area contributed by atoms with Crippen molar-refractivity contribution in [3.63, 3.8) is 0 Å². The van der Waals surface area contributed by atoms with Crippen LogP contribution in [0.5, 0.6) is 0 Å². The summed E-state index contributed by atoms with van der Waals surface area (Å²) in [5, 5.41) is 7.12. The largest absolute Gasteiger partial charge is 0.490 e. The Morgan fingerprint density at radius 1 is 1.09 bits per heavy atom. The van der Waals surface area contributed by atoms with Crippen LogP contribution < -0.4 is 0 Å². The van der Waals surface area contributed by atoms with E-state index in [0.717, 1.165) is 25.4 Å². The summed E-state index contributed by atoms with van der Waals surface area (Å²) in [6.45, 7) is 2.26. The lowest BCUT2D eigenvalue weighted by atomic mass is 9.88. The van der Waals surface area contributed by atoms with Gasteiger partial charge in [-0.2, -0.15) is 13.2 Å². The van der Waals surface area contributed by atoms with Crippen LogP contribution in [0.4, 0.5) is 17.6 Å². The number of hydrogen-bond donors (Lipinski definition) is 1. The van der Waals surface area contributed by atoms with E-state index in [1.54, 1.807) is 6.07 Å². The molecule has 4 rings (SSSR count). The zero-order chi connectivity index (χ0) is 25.4. The molecule has 1 saturated carbocycles. The maximum absolute atomic E-state index is 13.0. The third-order valence-electron chi connectivity index (χ3n) is 5.96. The normalized spacial score (nSPS) is 20.1. The molecule has 2 heterocycles. The predicted molar refractivity (Wildman–Crippen MR) is 119 cm³/mol. The first-order valence-electron chi connectivity index (χ1n) is 11.5. The molecule has 1 aromatic carbocycles. The quantitative estimate of drug-likeness (QED) is 0.579. The van der Waals surface area contributed by atoms with Crippen molar-refractivity contribution in [1.82, 2.24) is 9.88 Å². The Morgan fingerprint density at radius 2 is 1.77 bits per heavy atom. The molecule has 1 aliphatic heterocycles. The number of alkyl halides is 3. The van der Waals surface area contributed by atoms with Gasteiger partial charge in [0.05, 0.1) is 18.7 Å². The number of carbonyl (C=O) groups excluding carboxylic acids is 1. The van der Waals surface area contributed by atoms with Gasteiger partial charge in [0.2, 0.25) is 5.91 Å². The van der Waals surface area contributed by atoms with E-state index in [2.05, 4.69) is 29.2 Å². The third-order valence-corrected chi connectivity index (χ3v) is 5.96. The molecule has 35 heavy (non-hydrogen) atoms. The molecule has 1 N–H and O–H groups in total. The van der Waals surface area contributed by atoms with Crippen LogP contribution in [0.15, 0.2) is 48.7 Å². The van der Waals surface area contributed by atoms with Gasteiger partial charge in [0, 0.05) is 31.3 Å². The van der Waals surface area contributed by atoms with Crippen molar-refractivity contribution in [3.8, 4) is 0 Å². The molecule has 190 valence electrons. The molecule has 0 unspecified atom stereocenters.